The molecule has 0 radical (unpaired) electrons. The van der Waals surface area contributed by atoms with Crippen molar-refractivity contribution in [3.63, 3.8) is 0 Å². The Morgan fingerprint density at radius 1 is 1.42 bits per heavy atom. The van der Waals surface area contributed by atoms with Gasteiger partial charge in [-0.3, -0.25) is 4.99 Å². The molecule has 1 aromatic carbocycles. The molecule has 0 aromatic heterocycles. The van der Waals surface area contributed by atoms with E-state index in [0.717, 1.165) is 30.6 Å². The maximum atomic E-state index is 13.5. The number of nitrogens with zero attached hydrogens (tertiary/aromatic N) is 2. The minimum Gasteiger partial charge on any atom is -0.379 e. The van der Waals surface area contributed by atoms with Crippen LogP contribution in [0.4, 0.5) is 4.39 Å². The van der Waals surface area contributed by atoms with Gasteiger partial charge in [-0.25, -0.2) is 4.39 Å². The number of guanidine groups is 1. The van der Waals surface area contributed by atoms with E-state index >= 15 is 0 Å². The van der Waals surface area contributed by atoms with Crippen molar-refractivity contribution in [2.75, 3.05) is 40.4 Å². The van der Waals surface area contributed by atoms with Gasteiger partial charge in [0.2, 0.25) is 0 Å². The lowest BCUT2D eigenvalue weighted by molar-refractivity contribution is 0.115. The Kier molecular flexibility index (Phi) is 6.60. The minimum atomic E-state index is -0.199. The van der Waals surface area contributed by atoms with Gasteiger partial charge in [-0.1, -0.05) is 26.0 Å². The molecule has 0 bridgehead atoms. The van der Waals surface area contributed by atoms with Crippen molar-refractivity contribution in [1.82, 2.24) is 10.2 Å². The quantitative estimate of drug-likeness (QED) is 0.451. The third-order valence-corrected chi connectivity index (χ3v) is 4.49. The summed E-state index contributed by atoms with van der Waals surface area (Å²) in [6.07, 6.45) is 2.63. The van der Waals surface area contributed by atoms with Crippen LogP contribution in [0.1, 0.15) is 32.3 Å². The van der Waals surface area contributed by atoms with Gasteiger partial charge >= 0.3 is 0 Å². The first-order valence-corrected chi connectivity index (χ1v) is 8.68. The van der Waals surface area contributed by atoms with E-state index in [-0.39, 0.29) is 11.2 Å². The number of likely N-dealkylation sites (N-methyl/N-ethyl adjacent to an activating group) is 1. The molecule has 0 amide bonds. The van der Waals surface area contributed by atoms with Crippen molar-refractivity contribution in [3.8, 4) is 0 Å². The third kappa shape index (κ3) is 5.78. The minimum absolute atomic E-state index is 0.193. The lowest BCUT2D eigenvalue weighted by Gasteiger charge is -2.29. The highest BCUT2D eigenvalue weighted by atomic mass is 19.1. The molecule has 0 saturated heterocycles. The van der Waals surface area contributed by atoms with E-state index in [2.05, 4.69) is 29.1 Å². The molecule has 24 heavy (non-hydrogen) atoms. The van der Waals surface area contributed by atoms with Crippen molar-refractivity contribution >= 4 is 5.96 Å². The van der Waals surface area contributed by atoms with Gasteiger partial charge in [0.1, 0.15) is 5.82 Å². The van der Waals surface area contributed by atoms with E-state index in [1.807, 2.05) is 13.1 Å². The third-order valence-electron chi connectivity index (χ3n) is 4.49. The monoisotopic (exact) mass is 335 g/mol. The van der Waals surface area contributed by atoms with E-state index in [1.54, 1.807) is 19.2 Å². The van der Waals surface area contributed by atoms with Crippen LogP contribution in [0.25, 0.3) is 0 Å². The van der Waals surface area contributed by atoms with Crippen LogP contribution in [0.15, 0.2) is 29.3 Å². The maximum Gasteiger partial charge on any atom is 0.193 e. The molecular weight excluding hydrogens is 305 g/mol. The van der Waals surface area contributed by atoms with Crippen LogP contribution >= 0.6 is 0 Å². The van der Waals surface area contributed by atoms with Gasteiger partial charge in [0, 0.05) is 39.2 Å². The second-order valence-electron chi connectivity index (χ2n) is 7.23. The van der Waals surface area contributed by atoms with Gasteiger partial charge < -0.3 is 15.0 Å². The van der Waals surface area contributed by atoms with Gasteiger partial charge in [0.15, 0.2) is 5.96 Å². The predicted octanol–water partition coefficient (Wildman–Crippen LogP) is 3.04. The smallest absolute Gasteiger partial charge is 0.193 e. The van der Waals surface area contributed by atoms with Crippen molar-refractivity contribution in [3.05, 3.63) is 35.6 Å². The summed E-state index contributed by atoms with van der Waals surface area (Å²) in [6.45, 7) is 7.26. The number of aliphatic imine (C=N–C) groups is 1. The Morgan fingerprint density at radius 3 is 2.79 bits per heavy atom. The molecule has 134 valence electrons. The van der Waals surface area contributed by atoms with E-state index < -0.39 is 0 Å². The molecule has 5 heteroatoms. The summed E-state index contributed by atoms with van der Waals surface area (Å²) in [6, 6.07) is 6.79. The molecule has 0 unspecified atom stereocenters. The molecule has 1 N–H and O–H groups in total. The molecule has 0 spiro atoms. The molecule has 1 saturated carbocycles. The average Bonchev–Trinajstić information content (AvgIpc) is 3.36. The van der Waals surface area contributed by atoms with E-state index in [1.165, 1.54) is 18.9 Å². The number of rotatable bonds is 8. The summed E-state index contributed by atoms with van der Waals surface area (Å²) < 4.78 is 19.1. The molecule has 0 atom stereocenters. The summed E-state index contributed by atoms with van der Waals surface area (Å²) in [5, 5.41) is 3.39. The van der Waals surface area contributed by atoms with Crippen LogP contribution in [-0.4, -0.2) is 51.3 Å². The lowest BCUT2D eigenvalue weighted by atomic mass is 9.84. The second-order valence-corrected chi connectivity index (χ2v) is 7.23. The van der Waals surface area contributed by atoms with Crippen molar-refractivity contribution in [2.24, 2.45) is 10.9 Å². The highest BCUT2D eigenvalue weighted by Crippen LogP contribution is 2.28. The summed E-state index contributed by atoms with van der Waals surface area (Å²) in [5.74, 6) is 1.42. The number of nitrogens with one attached hydrogen (secondary N) is 1. The van der Waals surface area contributed by atoms with Crippen LogP contribution in [0, 0.1) is 11.7 Å². The van der Waals surface area contributed by atoms with Gasteiger partial charge in [0.25, 0.3) is 0 Å². The van der Waals surface area contributed by atoms with Crippen molar-refractivity contribution in [1.29, 1.82) is 0 Å². The predicted molar refractivity (Wildman–Crippen MR) is 97.0 cm³/mol. The largest absolute Gasteiger partial charge is 0.379 e. The van der Waals surface area contributed by atoms with Crippen LogP contribution in [-0.2, 0) is 10.2 Å². The fourth-order valence-corrected chi connectivity index (χ4v) is 2.54. The topological polar surface area (TPSA) is 36.9 Å². The fraction of sp³-hybridized carbons (Fsp3) is 0.632. The van der Waals surface area contributed by atoms with Crippen LogP contribution in [0.3, 0.4) is 0 Å². The van der Waals surface area contributed by atoms with Crippen LogP contribution in [0.2, 0.25) is 0 Å². The second kappa shape index (κ2) is 8.47. The standard InChI is InChI=1S/C19H30FN3O/c1-19(2,16-6-5-7-17(20)12-16)14-22-18(21-3)23(4)10-11-24-13-15-8-9-15/h5-7,12,15H,8-11,13-14H2,1-4H3,(H,21,22). The zero-order valence-electron chi connectivity index (χ0n) is 15.3. The SMILES string of the molecule is CN=C(NCC(C)(C)c1cccc(F)c1)N(C)CCOCC1CC1. The number of halogens is 1. The number of hydrogen-bond donors (Lipinski definition) is 1. The van der Waals surface area contributed by atoms with Gasteiger partial charge in [-0.05, 0) is 36.5 Å². The first-order valence-electron chi connectivity index (χ1n) is 8.68. The van der Waals surface area contributed by atoms with E-state index in [4.69, 9.17) is 4.74 Å². The highest BCUT2D eigenvalue weighted by Gasteiger charge is 2.23. The Labute approximate surface area is 145 Å². The summed E-state index contributed by atoms with van der Waals surface area (Å²) in [4.78, 5) is 6.39. The molecule has 0 aliphatic heterocycles. The fourth-order valence-electron chi connectivity index (χ4n) is 2.54. The number of hydrogen-bond acceptors (Lipinski definition) is 2. The molecule has 4 nitrogen and oxygen atoms in total. The summed E-state index contributed by atoms with van der Waals surface area (Å²) >= 11 is 0. The zero-order valence-corrected chi connectivity index (χ0v) is 15.3. The van der Waals surface area contributed by atoms with Crippen molar-refractivity contribution < 1.29 is 9.13 Å². The number of ether oxygens (including phenoxy) is 1. The van der Waals surface area contributed by atoms with Gasteiger partial charge in [0.05, 0.1) is 6.61 Å². The molecule has 0 heterocycles. The number of benzene rings is 1. The van der Waals surface area contributed by atoms with Gasteiger partial charge in [-0.2, -0.15) is 0 Å². The van der Waals surface area contributed by atoms with Crippen LogP contribution < -0.4 is 5.32 Å². The Hall–Kier alpha value is -1.62. The summed E-state index contributed by atoms with van der Waals surface area (Å²) in [7, 11) is 3.78. The molecule has 1 fully saturated rings. The normalized spacial score (nSPS) is 15.5. The first-order chi connectivity index (χ1) is 11.4. The highest BCUT2D eigenvalue weighted by molar-refractivity contribution is 5.79. The Balaban J connectivity index is 1.80. The zero-order chi connectivity index (χ0) is 17.6. The molecule has 1 aliphatic rings. The molecule has 1 aromatic rings. The van der Waals surface area contributed by atoms with Gasteiger partial charge in [-0.15, -0.1) is 0 Å². The molecule has 2 rings (SSSR count). The maximum absolute atomic E-state index is 13.5. The van der Waals surface area contributed by atoms with Crippen molar-refractivity contribution in [2.45, 2.75) is 32.1 Å². The van der Waals surface area contributed by atoms with Crippen LogP contribution in [0.5, 0.6) is 0 Å². The molecule has 1 aliphatic carbocycles. The average molecular weight is 335 g/mol. The van der Waals surface area contributed by atoms with E-state index in [9.17, 15) is 4.39 Å². The Morgan fingerprint density at radius 2 is 2.17 bits per heavy atom. The first kappa shape index (κ1) is 18.7. The molecular formula is C19H30FN3O. The lowest BCUT2D eigenvalue weighted by Crippen LogP contribution is -2.45. The Bertz CT molecular complexity index is 555. The van der Waals surface area contributed by atoms with E-state index in [0.29, 0.717) is 13.2 Å². The summed E-state index contributed by atoms with van der Waals surface area (Å²) in [5.41, 5.74) is 0.780.